The summed E-state index contributed by atoms with van der Waals surface area (Å²) in [6.07, 6.45) is -0.135. The fourth-order valence-electron chi connectivity index (χ4n) is 2.15. The molecule has 0 aliphatic carbocycles. The van der Waals surface area contributed by atoms with Gasteiger partial charge in [0.25, 0.3) is 0 Å². The van der Waals surface area contributed by atoms with Crippen molar-refractivity contribution in [2.75, 3.05) is 25.4 Å². The molecule has 96 valence electrons. The number of hydrogen-bond acceptors (Lipinski definition) is 7. The van der Waals surface area contributed by atoms with Crippen LogP contribution in [0, 0.1) is 0 Å². The molecule has 1 saturated heterocycles. The number of ether oxygens (including phenoxy) is 1. The van der Waals surface area contributed by atoms with E-state index in [2.05, 4.69) is 15.1 Å². The van der Waals surface area contributed by atoms with Gasteiger partial charge in [0.15, 0.2) is 0 Å². The van der Waals surface area contributed by atoms with Crippen LogP contribution in [0.2, 0.25) is 0 Å². The molecule has 1 aliphatic heterocycles. The second-order valence-electron chi connectivity index (χ2n) is 4.89. The van der Waals surface area contributed by atoms with E-state index in [4.69, 9.17) is 10.5 Å². The number of aromatic nitrogens is 2. The Kier molecular flexibility index (Phi) is 3.62. The molecule has 0 aromatic carbocycles. The van der Waals surface area contributed by atoms with Gasteiger partial charge in [-0.1, -0.05) is 11.3 Å². The highest BCUT2D eigenvalue weighted by Crippen LogP contribution is 2.23. The Morgan fingerprint density at radius 1 is 1.59 bits per heavy atom. The summed E-state index contributed by atoms with van der Waals surface area (Å²) in [6.45, 7) is 6.31. The van der Waals surface area contributed by atoms with Crippen molar-refractivity contribution in [1.82, 2.24) is 15.1 Å². The first-order valence-corrected chi connectivity index (χ1v) is 6.39. The van der Waals surface area contributed by atoms with Crippen LogP contribution in [0.4, 0.5) is 5.13 Å². The van der Waals surface area contributed by atoms with Gasteiger partial charge in [0.1, 0.15) is 5.01 Å². The molecule has 0 bridgehead atoms. The summed E-state index contributed by atoms with van der Waals surface area (Å²) in [7, 11) is 0. The first-order valence-electron chi connectivity index (χ1n) is 5.57. The Morgan fingerprint density at radius 3 is 2.94 bits per heavy atom. The van der Waals surface area contributed by atoms with Crippen LogP contribution in [0.25, 0.3) is 0 Å². The third kappa shape index (κ3) is 3.35. The molecule has 0 spiro atoms. The quantitative estimate of drug-likeness (QED) is 0.799. The molecular formula is C10H18N4O2S. The van der Waals surface area contributed by atoms with Gasteiger partial charge in [-0.15, -0.1) is 10.2 Å². The lowest BCUT2D eigenvalue weighted by molar-refractivity contribution is -0.150. The van der Waals surface area contributed by atoms with Crippen molar-refractivity contribution in [3.8, 4) is 0 Å². The molecular weight excluding hydrogens is 240 g/mol. The predicted molar refractivity (Wildman–Crippen MR) is 65.6 cm³/mol. The van der Waals surface area contributed by atoms with E-state index in [0.717, 1.165) is 11.6 Å². The number of morpholine rings is 1. The third-order valence-electron chi connectivity index (χ3n) is 2.60. The van der Waals surface area contributed by atoms with E-state index in [0.29, 0.717) is 18.2 Å². The van der Waals surface area contributed by atoms with E-state index in [-0.39, 0.29) is 18.3 Å². The fourth-order valence-corrected chi connectivity index (χ4v) is 2.81. The number of rotatable bonds is 3. The van der Waals surface area contributed by atoms with Crippen LogP contribution in [0.1, 0.15) is 18.9 Å². The topological polar surface area (TPSA) is 84.5 Å². The minimum atomic E-state index is -0.248. The Bertz CT molecular complexity index is 382. The normalized spacial score (nSPS) is 25.0. The lowest BCUT2D eigenvalue weighted by atomic mass is 10.1. The fraction of sp³-hybridized carbons (Fsp3) is 0.800. The molecule has 1 aliphatic rings. The van der Waals surface area contributed by atoms with Crippen LogP contribution in [-0.4, -0.2) is 51.6 Å². The lowest BCUT2D eigenvalue weighted by Gasteiger charge is -2.41. The van der Waals surface area contributed by atoms with Gasteiger partial charge >= 0.3 is 0 Å². The van der Waals surface area contributed by atoms with Crippen molar-refractivity contribution >= 4 is 16.5 Å². The van der Waals surface area contributed by atoms with Crippen LogP contribution in [0.3, 0.4) is 0 Å². The molecule has 0 radical (unpaired) electrons. The van der Waals surface area contributed by atoms with Gasteiger partial charge < -0.3 is 15.6 Å². The minimum Gasteiger partial charge on any atom is -0.394 e. The Hall–Kier alpha value is -0.760. The Morgan fingerprint density at radius 2 is 2.35 bits per heavy atom. The number of hydrogen-bond donors (Lipinski definition) is 2. The van der Waals surface area contributed by atoms with Crippen LogP contribution >= 0.6 is 11.3 Å². The van der Waals surface area contributed by atoms with Gasteiger partial charge in [0.2, 0.25) is 5.13 Å². The van der Waals surface area contributed by atoms with Crippen LogP contribution < -0.4 is 5.73 Å². The lowest BCUT2D eigenvalue weighted by Crippen LogP contribution is -2.53. The SMILES string of the molecule is CC1(C)CN(Cc2nnc(N)s2)CC(CO)O1. The molecule has 3 N–H and O–H groups in total. The molecule has 2 rings (SSSR count). The molecule has 1 aromatic rings. The molecule has 7 heteroatoms. The van der Waals surface area contributed by atoms with Gasteiger partial charge in [-0.2, -0.15) is 0 Å². The number of nitrogen functional groups attached to an aromatic ring is 1. The zero-order valence-electron chi connectivity index (χ0n) is 10.1. The Labute approximate surface area is 104 Å². The van der Waals surface area contributed by atoms with Gasteiger partial charge in [0, 0.05) is 13.1 Å². The van der Waals surface area contributed by atoms with Crippen molar-refractivity contribution in [2.24, 2.45) is 0 Å². The average molecular weight is 258 g/mol. The van der Waals surface area contributed by atoms with Crippen LogP contribution in [0.15, 0.2) is 0 Å². The average Bonchev–Trinajstić information content (AvgIpc) is 2.61. The van der Waals surface area contributed by atoms with Crippen molar-refractivity contribution in [3.05, 3.63) is 5.01 Å². The van der Waals surface area contributed by atoms with E-state index in [9.17, 15) is 5.11 Å². The van der Waals surface area contributed by atoms with Crippen LogP contribution in [-0.2, 0) is 11.3 Å². The highest BCUT2D eigenvalue weighted by molar-refractivity contribution is 7.15. The number of aliphatic hydroxyl groups is 1. The van der Waals surface area contributed by atoms with E-state index < -0.39 is 0 Å². The summed E-state index contributed by atoms with van der Waals surface area (Å²) in [5.74, 6) is 0. The van der Waals surface area contributed by atoms with E-state index in [1.54, 1.807) is 0 Å². The molecule has 1 fully saturated rings. The van der Waals surface area contributed by atoms with E-state index >= 15 is 0 Å². The summed E-state index contributed by atoms with van der Waals surface area (Å²) in [5.41, 5.74) is 5.30. The second kappa shape index (κ2) is 4.85. The summed E-state index contributed by atoms with van der Waals surface area (Å²) in [4.78, 5) is 2.21. The smallest absolute Gasteiger partial charge is 0.203 e. The molecule has 1 unspecified atom stereocenters. The van der Waals surface area contributed by atoms with Crippen molar-refractivity contribution in [2.45, 2.75) is 32.1 Å². The maximum atomic E-state index is 9.21. The third-order valence-corrected chi connectivity index (χ3v) is 3.33. The molecule has 17 heavy (non-hydrogen) atoms. The summed E-state index contributed by atoms with van der Waals surface area (Å²) in [6, 6.07) is 0. The van der Waals surface area contributed by atoms with Gasteiger partial charge in [0.05, 0.1) is 24.9 Å². The standard InChI is InChI=1S/C10H18N4O2S/c1-10(2)6-14(3-7(5-15)16-10)4-8-12-13-9(11)17-8/h7,15H,3-6H2,1-2H3,(H2,11,13). The highest BCUT2D eigenvalue weighted by Gasteiger charge is 2.33. The van der Waals surface area contributed by atoms with Crippen LogP contribution in [0.5, 0.6) is 0 Å². The van der Waals surface area contributed by atoms with Crippen molar-refractivity contribution in [1.29, 1.82) is 0 Å². The minimum absolute atomic E-state index is 0.0399. The van der Waals surface area contributed by atoms with Gasteiger partial charge in [-0.05, 0) is 13.8 Å². The number of aliphatic hydroxyl groups excluding tert-OH is 1. The molecule has 0 saturated carbocycles. The zero-order chi connectivity index (χ0) is 12.5. The summed E-state index contributed by atoms with van der Waals surface area (Å²) < 4.78 is 5.75. The molecule has 2 heterocycles. The first kappa shape index (κ1) is 12.7. The van der Waals surface area contributed by atoms with Gasteiger partial charge in [-0.3, -0.25) is 4.90 Å². The summed E-state index contributed by atoms with van der Waals surface area (Å²) in [5, 5.41) is 18.4. The first-order chi connectivity index (χ1) is 7.98. The molecule has 1 aromatic heterocycles. The highest BCUT2D eigenvalue weighted by atomic mass is 32.1. The maximum absolute atomic E-state index is 9.21. The number of anilines is 1. The molecule has 6 nitrogen and oxygen atoms in total. The van der Waals surface area contributed by atoms with Crippen molar-refractivity contribution in [3.63, 3.8) is 0 Å². The van der Waals surface area contributed by atoms with Crippen molar-refractivity contribution < 1.29 is 9.84 Å². The zero-order valence-corrected chi connectivity index (χ0v) is 10.9. The van der Waals surface area contributed by atoms with E-state index in [1.165, 1.54) is 11.3 Å². The summed E-state index contributed by atoms with van der Waals surface area (Å²) >= 11 is 1.40. The predicted octanol–water partition coefficient (Wildman–Crippen LogP) is 0.0920. The largest absolute Gasteiger partial charge is 0.394 e. The number of nitrogens with two attached hydrogens (primary N) is 1. The maximum Gasteiger partial charge on any atom is 0.203 e. The van der Waals surface area contributed by atoms with Gasteiger partial charge in [-0.25, -0.2) is 0 Å². The number of nitrogens with zero attached hydrogens (tertiary/aromatic N) is 3. The van der Waals surface area contributed by atoms with E-state index in [1.807, 2.05) is 13.8 Å². The monoisotopic (exact) mass is 258 g/mol. The molecule has 1 atom stereocenters. The molecule has 0 amide bonds. The Balaban J connectivity index is 2.00. The second-order valence-corrected chi connectivity index (χ2v) is 5.98.